The van der Waals surface area contributed by atoms with Crippen LogP contribution in [-0.2, 0) is 26.5 Å². The molecule has 1 aromatic heterocycles. The minimum Gasteiger partial charge on any atom is -0.224 e. The van der Waals surface area contributed by atoms with Gasteiger partial charge in [-0.1, -0.05) is 0 Å². The van der Waals surface area contributed by atoms with E-state index in [1.807, 2.05) is 0 Å². The minimum absolute atomic E-state index is 0.0276. The molecule has 0 aliphatic carbocycles. The van der Waals surface area contributed by atoms with Gasteiger partial charge in [0, 0.05) is 11.4 Å². The van der Waals surface area contributed by atoms with Gasteiger partial charge in [-0.15, -0.1) is 11.3 Å². The van der Waals surface area contributed by atoms with Gasteiger partial charge in [-0.2, -0.15) is 0 Å². The molecule has 17 heavy (non-hydrogen) atoms. The number of rotatable bonds is 6. The van der Waals surface area contributed by atoms with E-state index >= 15 is 0 Å². The Morgan fingerprint density at radius 3 is 2.41 bits per heavy atom. The zero-order valence-electron chi connectivity index (χ0n) is 9.21. The molecule has 0 aliphatic heterocycles. The van der Waals surface area contributed by atoms with Gasteiger partial charge in [0.05, 0.1) is 5.75 Å². The molecule has 6 nitrogen and oxygen atoms in total. The Balaban J connectivity index is 2.58. The highest BCUT2D eigenvalue weighted by Crippen LogP contribution is 2.20. The van der Waals surface area contributed by atoms with Crippen molar-refractivity contribution in [2.24, 2.45) is 5.14 Å². The number of hydrogen-bond acceptors (Lipinski definition) is 5. The number of hydrogen-bond donors (Lipinski definition) is 2. The van der Waals surface area contributed by atoms with Crippen LogP contribution < -0.4 is 9.86 Å². The lowest BCUT2D eigenvalue weighted by atomic mass is 10.3. The van der Waals surface area contributed by atoms with Crippen LogP contribution >= 0.6 is 11.3 Å². The van der Waals surface area contributed by atoms with Crippen LogP contribution in [0.4, 0.5) is 0 Å². The number of thiophene rings is 1. The van der Waals surface area contributed by atoms with Crippen LogP contribution in [0.3, 0.4) is 0 Å². The molecule has 0 saturated heterocycles. The standard InChI is InChI=1S/C8H14N2O4S3/c1-2-16(11,12)10-6-5-7-3-4-8(15-7)17(9,13)14/h3-4,10H,2,5-6H2,1H3,(H2,9,13,14). The van der Waals surface area contributed by atoms with E-state index in [2.05, 4.69) is 4.72 Å². The Morgan fingerprint density at radius 1 is 1.29 bits per heavy atom. The Labute approximate surface area is 105 Å². The summed E-state index contributed by atoms with van der Waals surface area (Å²) in [7, 11) is -6.86. The van der Waals surface area contributed by atoms with Crippen molar-refractivity contribution in [3.8, 4) is 0 Å². The molecule has 1 heterocycles. The van der Waals surface area contributed by atoms with E-state index in [-0.39, 0.29) is 16.5 Å². The quantitative estimate of drug-likeness (QED) is 0.763. The SMILES string of the molecule is CCS(=O)(=O)NCCc1ccc(S(N)(=O)=O)s1. The molecule has 3 N–H and O–H groups in total. The summed E-state index contributed by atoms with van der Waals surface area (Å²) < 4.78 is 46.8. The fraction of sp³-hybridized carbons (Fsp3) is 0.500. The Hall–Kier alpha value is -0.480. The number of sulfonamides is 2. The van der Waals surface area contributed by atoms with Gasteiger partial charge in [0.2, 0.25) is 20.0 Å². The molecule has 0 saturated carbocycles. The molecule has 1 aromatic rings. The third-order valence-corrected chi connectivity index (χ3v) is 5.98. The van der Waals surface area contributed by atoms with Gasteiger partial charge in [-0.05, 0) is 25.5 Å². The van der Waals surface area contributed by atoms with Crippen LogP contribution in [0.1, 0.15) is 11.8 Å². The third-order valence-electron chi connectivity index (χ3n) is 1.99. The van der Waals surface area contributed by atoms with Crippen molar-refractivity contribution in [2.75, 3.05) is 12.3 Å². The Morgan fingerprint density at radius 2 is 1.94 bits per heavy atom. The van der Waals surface area contributed by atoms with Crippen LogP contribution in [0.15, 0.2) is 16.3 Å². The van der Waals surface area contributed by atoms with Gasteiger partial charge in [0.1, 0.15) is 4.21 Å². The normalized spacial score (nSPS) is 12.8. The molecule has 0 atom stereocenters. The fourth-order valence-corrected chi connectivity index (χ4v) is 3.47. The van der Waals surface area contributed by atoms with Crippen molar-refractivity contribution in [2.45, 2.75) is 17.6 Å². The molecule has 0 radical (unpaired) electrons. The fourth-order valence-electron chi connectivity index (χ4n) is 1.08. The monoisotopic (exact) mass is 298 g/mol. The first kappa shape index (κ1) is 14.6. The average Bonchev–Trinajstić information content (AvgIpc) is 2.66. The van der Waals surface area contributed by atoms with Crippen LogP contribution in [0.2, 0.25) is 0 Å². The van der Waals surface area contributed by atoms with Crippen molar-refractivity contribution < 1.29 is 16.8 Å². The van der Waals surface area contributed by atoms with Gasteiger partial charge >= 0.3 is 0 Å². The predicted octanol–water partition coefficient (Wildman–Crippen LogP) is -0.123. The van der Waals surface area contributed by atoms with Crippen molar-refractivity contribution in [3.63, 3.8) is 0 Å². The second kappa shape index (κ2) is 5.44. The minimum atomic E-state index is -3.66. The second-order valence-corrected chi connectivity index (χ2v) is 8.37. The van der Waals surface area contributed by atoms with Crippen molar-refractivity contribution in [1.82, 2.24) is 4.72 Å². The second-order valence-electron chi connectivity index (χ2n) is 3.31. The molecule has 0 fully saturated rings. The van der Waals surface area contributed by atoms with Gasteiger partial charge in [0.15, 0.2) is 0 Å². The van der Waals surface area contributed by atoms with Crippen LogP contribution in [0, 0.1) is 0 Å². The van der Waals surface area contributed by atoms with Crippen molar-refractivity contribution in [3.05, 3.63) is 17.0 Å². The molecule has 0 spiro atoms. The highest BCUT2D eigenvalue weighted by Gasteiger charge is 2.11. The Kier molecular flexibility index (Phi) is 4.67. The molecule has 0 aromatic carbocycles. The topological polar surface area (TPSA) is 106 Å². The summed E-state index contributed by atoms with van der Waals surface area (Å²) in [5.41, 5.74) is 0. The molecule has 1 rings (SSSR count). The zero-order valence-corrected chi connectivity index (χ0v) is 11.7. The summed E-state index contributed by atoms with van der Waals surface area (Å²) in [5.74, 6) is 0.0276. The maximum atomic E-state index is 11.1. The van der Waals surface area contributed by atoms with Gasteiger partial charge < -0.3 is 0 Å². The smallest absolute Gasteiger partial charge is 0.224 e. The maximum Gasteiger partial charge on any atom is 0.247 e. The molecule has 0 unspecified atom stereocenters. The molecular formula is C8H14N2O4S3. The van der Waals surface area contributed by atoms with Crippen LogP contribution in [-0.4, -0.2) is 29.1 Å². The molecule has 0 aliphatic rings. The number of primary sulfonamides is 1. The first-order valence-corrected chi connectivity index (χ1v) is 8.85. The van der Waals surface area contributed by atoms with Crippen molar-refractivity contribution in [1.29, 1.82) is 0 Å². The van der Waals surface area contributed by atoms with Gasteiger partial charge in [0.25, 0.3) is 0 Å². The summed E-state index contributed by atoms with van der Waals surface area (Å²) in [6.45, 7) is 1.80. The molecule has 98 valence electrons. The summed E-state index contributed by atoms with van der Waals surface area (Å²) in [5, 5.41) is 4.96. The van der Waals surface area contributed by atoms with E-state index in [1.165, 1.54) is 6.07 Å². The van der Waals surface area contributed by atoms with E-state index in [0.29, 0.717) is 6.42 Å². The third kappa shape index (κ3) is 4.72. The summed E-state index contributed by atoms with van der Waals surface area (Å²) >= 11 is 1.05. The molecular weight excluding hydrogens is 284 g/mol. The lowest BCUT2D eigenvalue weighted by molar-refractivity contribution is 0.583. The zero-order chi connectivity index (χ0) is 13.1. The van der Waals surface area contributed by atoms with E-state index in [1.54, 1.807) is 13.0 Å². The van der Waals surface area contributed by atoms with Gasteiger partial charge in [-0.3, -0.25) is 0 Å². The summed E-state index contributed by atoms with van der Waals surface area (Å²) in [4.78, 5) is 0.771. The van der Waals surface area contributed by atoms with Gasteiger partial charge in [-0.25, -0.2) is 26.7 Å². The van der Waals surface area contributed by atoms with E-state index in [4.69, 9.17) is 5.14 Å². The van der Waals surface area contributed by atoms with Crippen molar-refractivity contribution >= 4 is 31.4 Å². The summed E-state index contributed by atoms with van der Waals surface area (Å²) in [6.07, 6.45) is 0.444. The largest absolute Gasteiger partial charge is 0.247 e. The van der Waals surface area contributed by atoms with E-state index in [0.717, 1.165) is 16.2 Å². The predicted molar refractivity (Wildman–Crippen MR) is 66.9 cm³/mol. The first-order chi connectivity index (χ1) is 7.74. The van der Waals surface area contributed by atoms with Crippen LogP contribution in [0.25, 0.3) is 0 Å². The maximum absolute atomic E-state index is 11.1. The molecule has 0 amide bonds. The number of nitrogens with two attached hydrogens (primary N) is 1. The molecule has 9 heteroatoms. The Bertz CT molecular complexity index is 574. The molecule has 0 bridgehead atoms. The first-order valence-electron chi connectivity index (χ1n) is 4.83. The lowest BCUT2D eigenvalue weighted by Gasteiger charge is -2.02. The summed E-state index contributed by atoms with van der Waals surface area (Å²) in [6, 6.07) is 3.05. The average molecular weight is 298 g/mol. The number of nitrogens with one attached hydrogen (secondary N) is 1. The van der Waals surface area contributed by atoms with E-state index in [9.17, 15) is 16.8 Å². The highest BCUT2D eigenvalue weighted by atomic mass is 32.2. The lowest BCUT2D eigenvalue weighted by Crippen LogP contribution is -2.27. The van der Waals surface area contributed by atoms with E-state index < -0.39 is 20.0 Å². The highest BCUT2D eigenvalue weighted by molar-refractivity contribution is 7.91. The van der Waals surface area contributed by atoms with Crippen LogP contribution in [0.5, 0.6) is 0 Å².